The fraction of sp³-hybridized carbons (Fsp3) is 0.769. The average molecular weight is 222 g/mol. The van der Waals surface area contributed by atoms with Crippen LogP contribution in [0.3, 0.4) is 0 Å². The highest BCUT2D eigenvalue weighted by atomic mass is 16.3. The summed E-state index contributed by atoms with van der Waals surface area (Å²) in [5.74, 6) is 1.06. The minimum atomic E-state index is -0.653. The second kappa shape index (κ2) is 4.21. The van der Waals surface area contributed by atoms with Crippen LogP contribution in [-0.2, 0) is 12.1 Å². The van der Waals surface area contributed by atoms with Gasteiger partial charge in [0.1, 0.15) is 0 Å². The van der Waals surface area contributed by atoms with E-state index >= 15 is 0 Å². The van der Waals surface area contributed by atoms with E-state index in [1.807, 2.05) is 17.1 Å². The third-order valence-electron chi connectivity index (χ3n) is 4.05. The van der Waals surface area contributed by atoms with Gasteiger partial charge in [0, 0.05) is 18.3 Å². The van der Waals surface area contributed by atoms with E-state index in [1.165, 1.54) is 0 Å². The second-order valence-electron chi connectivity index (χ2n) is 5.29. The van der Waals surface area contributed by atoms with E-state index < -0.39 is 5.60 Å². The summed E-state index contributed by atoms with van der Waals surface area (Å²) >= 11 is 0. The molecule has 0 amide bonds. The molecule has 90 valence electrons. The van der Waals surface area contributed by atoms with Crippen LogP contribution in [0.4, 0.5) is 0 Å². The van der Waals surface area contributed by atoms with Crippen LogP contribution in [0.5, 0.6) is 0 Å². The Morgan fingerprint density at radius 2 is 2.31 bits per heavy atom. The van der Waals surface area contributed by atoms with Crippen molar-refractivity contribution in [1.82, 2.24) is 9.78 Å². The molecule has 3 nitrogen and oxygen atoms in total. The molecule has 0 radical (unpaired) electrons. The molecule has 3 atom stereocenters. The Hall–Kier alpha value is -0.830. The lowest BCUT2D eigenvalue weighted by molar-refractivity contribution is -0.0588. The van der Waals surface area contributed by atoms with Gasteiger partial charge in [-0.2, -0.15) is 5.10 Å². The summed E-state index contributed by atoms with van der Waals surface area (Å²) in [5, 5.41) is 15.0. The van der Waals surface area contributed by atoms with E-state index in [-0.39, 0.29) is 0 Å². The standard InChI is InChI=1S/C13H22N2O/c1-4-15-9-12(8-14-15)13(16)6-5-10(2)7-11(13)3/h8-11,16H,4-7H2,1-3H3. The van der Waals surface area contributed by atoms with Crippen molar-refractivity contribution in [2.24, 2.45) is 11.8 Å². The zero-order valence-electron chi connectivity index (χ0n) is 10.5. The van der Waals surface area contributed by atoms with Crippen molar-refractivity contribution in [2.45, 2.75) is 52.2 Å². The summed E-state index contributed by atoms with van der Waals surface area (Å²) in [7, 11) is 0. The first-order valence-electron chi connectivity index (χ1n) is 6.31. The first-order chi connectivity index (χ1) is 7.56. The predicted molar refractivity (Wildman–Crippen MR) is 64.0 cm³/mol. The SMILES string of the molecule is CCn1cc(C2(O)CCC(C)CC2C)cn1. The van der Waals surface area contributed by atoms with Gasteiger partial charge in [-0.1, -0.05) is 13.8 Å². The largest absolute Gasteiger partial charge is 0.385 e. The Labute approximate surface area is 97.5 Å². The molecule has 1 aromatic rings. The van der Waals surface area contributed by atoms with Gasteiger partial charge in [0.05, 0.1) is 11.8 Å². The molecule has 0 aromatic carbocycles. The van der Waals surface area contributed by atoms with E-state index in [1.54, 1.807) is 0 Å². The highest BCUT2D eigenvalue weighted by molar-refractivity contribution is 5.17. The molecule has 3 unspecified atom stereocenters. The second-order valence-corrected chi connectivity index (χ2v) is 5.29. The summed E-state index contributed by atoms with van der Waals surface area (Å²) in [6.45, 7) is 7.35. The van der Waals surface area contributed by atoms with Crippen molar-refractivity contribution in [3.8, 4) is 0 Å². The van der Waals surface area contributed by atoms with Crippen LogP contribution in [0.25, 0.3) is 0 Å². The lowest BCUT2D eigenvalue weighted by Gasteiger charge is -2.40. The summed E-state index contributed by atoms with van der Waals surface area (Å²) in [6.07, 6.45) is 6.90. The Kier molecular flexibility index (Phi) is 3.06. The van der Waals surface area contributed by atoms with Crippen LogP contribution in [-0.4, -0.2) is 14.9 Å². The fourth-order valence-electron chi connectivity index (χ4n) is 2.82. The highest BCUT2D eigenvalue weighted by Crippen LogP contribution is 2.43. The van der Waals surface area contributed by atoms with Crippen LogP contribution >= 0.6 is 0 Å². The molecule has 1 fully saturated rings. The third-order valence-corrected chi connectivity index (χ3v) is 4.05. The van der Waals surface area contributed by atoms with Gasteiger partial charge in [0.15, 0.2) is 0 Å². The zero-order chi connectivity index (χ0) is 11.8. The van der Waals surface area contributed by atoms with E-state index in [4.69, 9.17) is 0 Å². The van der Waals surface area contributed by atoms with Gasteiger partial charge in [0.2, 0.25) is 0 Å². The number of nitrogens with zero attached hydrogens (tertiary/aromatic N) is 2. The molecule has 16 heavy (non-hydrogen) atoms. The summed E-state index contributed by atoms with van der Waals surface area (Å²) in [6, 6.07) is 0. The molecule has 1 saturated carbocycles. The van der Waals surface area contributed by atoms with Crippen LogP contribution < -0.4 is 0 Å². The van der Waals surface area contributed by atoms with Crippen molar-refractivity contribution < 1.29 is 5.11 Å². The molecular formula is C13H22N2O. The molecule has 1 heterocycles. The van der Waals surface area contributed by atoms with Crippen molar-refractivity contribution in [3.05, 3.63) is 18.0 Å². The topological polar surface area (TPSA) is 38.0 Å². The number of aromatic nitrogens is 2. The maximum atomic E-state index is 10.8. The quantitative estimate of drug-likeness (QED) is 0.835. The molecule has 0 saturated heterocycles. The summed E-state index contributed by atoms with van der Waals surface area (Å²) in [4.78, 5) is 0. The van der Waals surface area contributed by atoms with E-state index in [0.717, 1.165) is 37.3 Å². The molecule has 1 aliphatic carbocycles. The monoisotopic (exact) mass is 222 g/mol. The molecular weight excluding hydrogens is 200 g/mol. The number of aryl methyl sites for hydroxylation is 1. The minimum absolute atomic E-state index is 0.325. The average Bonchev–Trinajstić information content (AvgIpc) is 2.73. The highest BCUT2D eigenvalue weighted by Gasteiger charge is 2.40. The van der Waals surface area contributed by atoms with Gasteiger partial charge in [-0.15, -0.1) is 0 Å². The third kappa shape index (κ3) is 1.88. The van der Waals surface area contributed by atoms with Gasteiger partial charge in [0.25, 0.3) is 0 Å². The van der Waals surface area contributed by atoms with Crippen molar-refractivity contribution in [3.63, 3.8) is 0 Å². The van der Waals surface area contributed by atoms with Crippen LogP contribution in [0.2, 0.25) is 0 Å². The van der Waals surface area contributed by atoms with E-state index in [0.29, 0.717) is 5.92 Å². The summed E-state index contributed by atoms with van der Waals surface area (Å²) in [5.41, 5.74) is 0.341. The number of hydrogen-bond donors (Lipinski definition) is 1. The Morgan fingerprint density at radius 1 is 1.56 bits per heavy atom. The molecule has 1 aromatic heterocycles. The van der Waals surface area contributed by atoms with Gasteiger partial charge >= 0.3 is 0 Å². The van der Waals surface area contributed by atoms with Crippen LogP contribution in [0.1, 0.15) is 45.6 Å². The molecule has 3 heteroatoms. The lowest BCUT2D eigenvalue weighted by atomic mass is 9.70. The molecule has 0 bridgehead atoms. The smallest absolute Gasteiger partial charge is 0.0952 e. The van der Waals surface area contributed by atoms with Crippen molar-refractivity contribution in [1.29, 1.82) is 0 Å². The Morgan fingerprint density at radius 3 is 2.88 bits per heavy atom. The summed E-state index contributed by atoms with van der Waals surface area (Å²) < 4.78 is 1.89. The molecule has 1 aliphatic rings. The molecule has 2 rings (SSSR count). The van der Waals surface area contributed by atoms with Gasteiger partial charge < -0.3 is 5.11 Å². The predicted octanol–water partition coefficient (Wildman–Crippen LogP) is 2.55. The number of hydrogen-bond acceptors (Lipinski definition) is 2. The van der Waals surface area contributed by atoms with Gasteiger partial charge in [-0.25, -0.2) is 0 Å². The maximum absolute atomic E-state index is 10.8. The van der Waals surface area contributed by atoms with Crippen molar-refractivity contribution in [2.75, 3.05) is 0 Å². The molecule has 0 aliphatic heterocycles. The minimum Gasteiger partial charge on any atom is -0.385 e. The van der Waals surface area contributed by atoms with Crippen molar-refractivity contribution >= 4 is 0 Å². The van der Waals surface area contributed by atoms with Gasteiger partial charge in [-0.05, 0) is 38.0 Å². The number of aliphatic hydroxyl groups is 1. The first-order valence-corrected chi connectivity index (χ1v) is 6.31. The Balaban J connectivity index is 2.23. The maximum Gasteiger partial charge on any atom is 0.0952 e. The fourth-order valence-corrected chi connectivity index (χ4v) is 2.82. The lowest BCUT2D eigenvalue weighted by Crippen LogP contribution is -2.38. The molecule has 1 N–H and O–H groups in total. The van der Waals surface area contributed by atoms with Crippen LogP contribution in [0, 0.1) is 11.8 Å². The Bertz CT molecular complexity index is 361. The van der Waals surface area contributed by atoms with E-state index in [9.17, 15) is 5.11 Å². The van der Waals surface area contributed by atoms with Gasteiger partial charge in [-0.3, -0.25) is 4.68 Å². The first kappa shape index (κ1) is 11.6. The zero-order valence-corrected chi connectivity index (χ0v) is 10.5. The normalized spacial score (nSPS) is 35.2. The van der Waals surface area contributed by atoms with Crippen LogP contribution in [0.15, 0.2) is 12.4 Å². The molecule has 0 spiro atoms. The van der Waals surface area contributed by atoms with E-state index in [2.05, 4.69) is 25.9 Å². The number of rotatable bonds is 2.